The maximum Gasteiger partial charge on any atom is 0.319 e. The van der Waals surface area contributed by atoms with Crippen molar-refractivity contribution in [3.63, 3.8) is 0 Å². The second kappa shape index (κ2) is 9.10. The van der Waals surface area contributed by atoms with Gasteiger partial charge in [-0.25, -0.2) is 14.2 Å². The Labute approximate surface area is 188 Å². The highest BCUT2D eigenvalue weighted by Gasteiger charge is 2.21. The zero-order chi connectivity index (χ0) is 22.8. The summed E-state index contributed by atoms with van der Waals surface area (Å²) < 4.78 is 14.7. The first-order chi connectivity index (χ1) is 15.3. The van der Waals surface area contributed by atoms with Gasteiger partial charge in [-0.15, -0.1) is 0 Å². The summed E-state index contributed by atoms with van der Waals surface area (Å²) in [5.74, 6) is 0.998. The van der Waals surface area contributed by atoms with Crippen molar-refractivity contribution in [1.82, 2.24) is 15.3 Å². The van der Waals surface area contributed by atoms with Crippen LogP contribution in [0.15, 0.2) is 30.5 Å². The molecule has 1 aromatic carbocycles. The highest BCUT2D eigenvalue weighted by molar-refractivity contribution is 5.92. The summed E-state index contributed by atoms with van der Waals surface area (Å²) in [5, 5.41) is 9.62. The number of urea groups is 1. The molecule has 7 heteroatoms. The van der Waals surface area contributed by atoms with E-state index in [1.165, 1.54) is 6.07 Å². The molecule has 3 N–H and O–H groups in total. The maximum absolute atomic E-state index is 14.7. The maximum atomic E-state index is 14.7. The van der Waals surface area contributed by atoms with Crippen LogP contribution in [-0.2, 0) is 0 Å². The number of aryl methyl sites for hydroxylation is 2. The number of benzene rings is 1. The lowest BCUT2D eigenvalue weighted by molar-refractivity contribution is 0.239. The third-order valence-corrected chi connectivity index (χ3v) is 6.35. The molecule has 2 heterocycles. The van der Waals surface area contributed by atoms with E-state index in [1.54, 1.807) is 12.3 Å². The molecule has 3 aromatic rings. The van der Waals surface area contributed by atoms with Crippen LogP contribution in [0.3, 0.4) is 0 Å². The predicted octanol–water partition coefficient (Wildman–Crippen LogP) is 5.79. The summed E-state index contributed by atoms with van der Waals surface area (Å²) in [6.07, 6.45) is 5.90. The number of hydrogen-bond donors (Lipinski definition) is 3. The molecule has 168 valence electrons. The Balaban J connectivity index is 1.61. The topological polar surface area (TPSA) is 78.9 Å². The Bertz CT molecular complexity index is 1150. The molecular formula is C25H30FN5O. The Morgan fingerprint density at radius 2 is 1.81 bits per heavy atom. The Kier molecular flexibility index (Phi) is 6.26. The molecule has 0 atom stereocenters. The van der Waals surface area contributed by atoms with Gasteiger partial charge in [0.1, 0.15) is 11.6 Å². The minimum atomic E-state index is -0.453. The van der Waals surface area contributed by atoms with Gasteiger partial charge in [-0.1, -0.05) is 6.92 Å². The minimum Gasteiger partial charge on any atom is -0.373 e. The average Bonchev–Trinajstić information content (AvgIpc) is 2.76. The van der Waals surface area contributed by atoms with Crippen LogP contribution in [0, 0.1) is 25.6 Å². The Morgan fingerprint density at radius 3 is 2.53 bits per heavy atom. The molecule has 0 bridgehead atoms. The van der Waals surface area contributed by atoms with Crippen LogP contribution in [0.25, 0.3) is 22.0 Å². The largest absolute Gasteiger partial charge is 0.373 e. The number of hydrogen-bond acceptors (Lipinski definition) is 4. The third-order valence-electron chi connectivity index (χ3n) is 6.35. The van der Waals surface area contributed by atoms with E-state index in [-0.39, 0.29) is 17.8 Å². The van der Waals surface area contributed by atoms with Crippen molar-refractivity contribution in [3.8, 4) is 11.1 Å². The SMILES string of the molecule is CNc1cc2nc(C)c(-c3cc(NC(=O)NC4CCC(C)CC4)c(F)cc3C)cc2cn1. The van der Waals surface area contributed by atoms with Crippen LogP contribution in [-0.4, -0.2) is 29.1 Å². The first kappa shape index (κ1) is 22.0. The van der Waals surface area contributed by atoms with Crippen molar-refractivity contribution in [2.24, 2.45) is 5.92 Å². The van der Waals surface area contributed by atoms with Crippen LogP contribution >= 0.6 is 0 Å². The van der Waals surface area contributed by atoms with E-state index in [0.717, 1.165) is 64.8 Å². The molecule has 32 heavy (non-hydrogen) atoms. The number of aromatic nitrogens is 2. The summed E-state index contributed by atoms with van der Waals surface area (Å²) in [5.41, 5.74) is 4.32. The molecule has 1 aliphatic rings. The molecule has 0 aliphatic heterocycles. The molecule has 1 saturated carbocycles. The number of rotatable bonds is 4. The smallest absolute Gasteiger partial charge is 0.319 e. The number of amides is 2. The van der Waals surface area contributed by atoms with Crippen LogP contribution < -0.4 is 16.0 Å². The van der Waals surface area contributed by atoms with Crippen LogP contribution in [0.1, 0.15) is 43.9 Å². The number of pyridine rings is 2. The van der Waals surface area contributed by atoms with Gasteiger partial charge in [-0.2, -0.15) is 0 Å². The van der Waals surface area contributed by atoms with Crippen LogP contribution in [0.5, 0.6) is 0 Å². The van der Waals surface area contributed by atoms with Gasteiger partial charge in [0, 0.05) is 42.0 Å². The first-order valence-corrected chi connectivity index (χ1v) is 11.2. The zero-order valence-electron chi connectivity index (χ0n) is 19.1. The summed E-state index contributed by atoms with van der Waals surface area (Å²) >= 11 is 0. The normalized spacial score (nSPS) is 18.4. The fourth-order valence-corrected chi connectivity index (χ4v) is 4.38. The molecule has 0 saturated heterocycles. The van der Waals surface area contributed by atoms with Gasteiger partial charge in [0.2, 0.25) is 0 Å². The fraction of sp³-hybridized carbons (Fsp3) is 0.400. The molecule has 0 spiro atoms. The van der Waals surface area contributed by atoms with Gasteiger partial charge < -0.3 is 16.0 Å². The molecule has 1 fully saturated rings. The van der Waals surface area contributed by atoms with Crippen molar-refractivity contribution in [2.45, 2.75) is 52.5 Å². The molecule has 0 unspecified atom stereocenters. The summed E-state index contributed by atoms with van der Waals surface area (Å²) in [6, 6.07) is 6.83. The lowest BCUT2D eigenvalue weighted by Gasteiger charge is -2.27. The van der Waals surface area contributed by atoms with E-state index in [9.17, 15) is 9.18 Å². The van der Waals surface area contributed by atoms with E-state index in [1.807, 2.05) is 33.0 Å². The summed E-state index contributed by atoms with van der Waals surface area (Å²) in [7, 11) is 1.82. The Morgan fingerprint density at radius 1 is 1.06 bits per heavy atom. The minimum absolute atomic E-state index is 0.140. The van der Waals surface area contributed by atoms with Gasteiger partial charge in [0.15, 0.2) is 0 Å². The fourth-order valence-electron chi connectivity index (χ4n) is 4.38. The van der Waals surface area contributed by atoms with E-state index >= 15 is 0 Å². The number of halogens is 1. The van der Waals surface area contributed by atoms with Crippen LogP contribution in [0.2, 0.25) is 0 Å². The molecule has 4 rings (SSSR count). The summed E-state index contributed by atoms with van der Waals surface area (Å²) in [4.78, 5) is 21.6. The number of nitrogens with zero attached hydrogens (tertiary/aromatic N) is 2. The number of nitrogens with one attached hydrogen (secondary N) is 3. The Hall–Kier alpha value is -3.22. The lowest BCUT2D eigenvalue weighted by Crippen LogP contribution is -2.40. The monoisotopic (exact) mass is 435 g/mol. The van der Waals surface area contributed by atoms with Gasteiger partial charge in [0.25, 0.3) is 0 Å². The van der Waals surface area contributed by atoms with Crippen molar-refractivity contribution in [2.75, 3.05) is 17.7 Å². The van der Waals surface area contributed by atoms with Gasteiger partial charge in [0.05, 0.1) is 11.2 Å². The van der Waals surface area contributed by atoms with E-state index in [0.29, 0.717) is 5.92 Å². The molecule has 0 radical (unpaired) electrons. The van der Waals surface area contributed by atoms with Crippen LogP contribution in [0.4, 0.5) is 20.7 Å². The second-order valence-corrected chi connectivity index (χ2v) is 8.84. The van der Waals surface area contributed by atoms with Gasteiger partial charge in [-0.3, -0.25) is 4.98 Å². The molecular weight excluding hydrogens is 405 g/mol. The van der Waals surface area contributed by atoms with Crippen molar-refractivity contribution >= 4 is 28.4 Å². The number of carbonyl (C=O) groups is 1. The molecule has 2 amide bonds. The van der Waals surface area contributed by atoms with E-state index in [2.05, 4.69) is 27.9 Å². The number of anilines is 2. The predicted molar refractivity (Wildman–Crippen MR) is 128 cm³/mol. The lowest BCUT2D eigenvalue weighted by atomic mass is 9.87. The average molecular weight is 436 g/mol. The first-order valence-electron chi connectivity index (χ1n) is 11.2. The molecule has 1 aliphatic carbocycles. The van der Waals surface area contributed by atoms with Crippen molar-refractivity contribution < 1.29 is 9.18 Å². The number of fused-ring (bicyclic) bond motifs is 1. The summed E-state index contributed by atoms with van der Waals surface area (Å²) in [6.45, 7) is 6.02. The standard InChI is InChI=1S/C25H30FN5O/c1-14-5-7-18(8-6-14)30-25(32)31-23-11-19(15(2)9-21(23)26)20-10-17-13-28-24(27-4)12-22(17)29-16(20)3/h9-14,18H,5-8H2,1-4H3,(H,27,28)(H2,30,31,32). The molecule has 6 nitrogen and oxygen atoms in total. The van der Waals surface area contributed by atoms with Gasteiger partial charge >= 0.3 is 6.03 Å². The zero-order valence-corrected chi connectivity index (χ0v) is 19.1. The quantitative estimate of drug-likeness (QED) is 0.484. The highest BCUT2D eigenvalue weighted by atomic mass is 19.1. The number of carbonyl (C=O) groups excluding carboxylic acids is 1. The highest BCUT2D eigenvalue weighted by Crippen LogP contribution is 2.33. The van der Waals surface area contributed by atoms with Crippen molar-refractivity contribution in [1.29, 1.82) is 0 Å². The molecule has 2 aromatic heterocycles. The van der Waals surface area contributed by atoms with E-state index in [4.69, 9.17) is 4.98 Å². The van der Waals surface area contributed by atoms with Gasteiger partial charge in [-0.05, 0) is 74.8 Å². The van der Waals surface area contributed by atoms with E-state index < -0.39 is 5.82 Å². The second-order valence-electron chi connectivity index (χ2n) is 8.84. The third kappa shape index (κ3) is 4.66. The van der Waals surface area contributed by atoms with Crippen molar-refractivity contribution in [3.05, 3.63) is 47.5 Å².